The maximum absolute atomic E-state index is 13.0. The monoisotopic (exact) mass is 450 g/mol. The molecule has 1 saturated heterocycles. The molecule has 1 fully saturated rings. The first-order valence-electron chi connectivity index (χ1n) is 10.00. The Morgan fingerprint density at radius 3 is 2.53 bits per heavy atom. The smallest absolute Gasteiger partial charge is 0.416 e. The highest BCUT2D eigenvalue weighted by Crippen LogP contribution is 2.30. The van der Waals surface area contributed by atoms with Crippen molar-refractivity contribution in [3.05, 3.63) is 59.2 Å². The molecular formula is C22H25F3N4O3. The summed E-state index contributed by atoms with van der Waals surface area (Å²) in [6.07, 6.45) is -4.43. The van der Waals surface area contributed by atoms with Crippen LogP contribution in [-0.2, 0) is 17.5 Å². The molecule has 7 nitrogen and oxygen atoms in total. The molecule has 10 heteroatoms. The van der Waals surface area contributed by atoms with Crippen molar-refractivity contribution in [1.29, 1.82) is 0 Å². The van der Waals surface area contributed by atoms with Gasteiger partial charge in [-0.2, -0.15) is 13.2 Å². The van der Waals surface area contributed by atoms with E-state index in [0.717, 1.165) is 25.2 Å². The summed E-state index contributed by atoms with van der Waals surface area (Å²) in [7, 11) is 3.25. The number of hydrogen-bond donors (Lipinski definition) is 2. The lowest BCUT2D eigenvalue weighted by Crippen LogP contribution is -2.49. The normalized spacial score (nSPS) is 15.5. The maximum Gasteiger partial charge on any atom is 0.416 e. The molecule has 0 amide bonds. The molecule has 0 saturated carbocycles. The van der Waals surface area contributed by atoms with E-state index in [4.69, 9.17) is 4.74 Å². The molecule has 3 rings (SSSR count). The van der Waals surface area contributed by atoms with Crippen LogP contribution in [0, 0.1) is 0 Å². The van der Waals surface area contributed by atoms with Gasteiger partial charge in [-0.15, -0.1) is 0 Å². The number of guanidine groups is 1. The second-order valence-corrected chi connectivity index (χ2v) is 7.48. The van der Waals surface area contributed by atoms with E-state index in [-0.39, 0.29) is 23.5 Å². The van der Waals surface area contributed by atoms with Gasteiger partial charge in [-0.25, -0.2) is 9.79 Å². The zero-order chi connectivity index (χ0) is 23.3. The van der Waals surface area contributed by atoms with Crippen LogP contribution < -0.4 is 5.32 Å². The molecule has 2 N–H and O–H groups in total. The number of alkyl halides is 3. The van der Waals surface area contributed by atoms with Gasteiger partial charge in [-0.05, 0) is 42.9 Å². The van der Waals surface area contributed by atoms with Crippen LogP contribution in [0.3, 0.4) is 0 Å². The SMILES string of the molecule is COC(=O)c1ccc(O)c(NC(=NCc2cccc(C(F)(F)F)c2)N2CCN(C)CC2)c1. The van der Waals surface area contributed by atoms with E-state index in [2.05, 4.69) is 15.2 Å². The van der Waals surface area contributed by atoms with Gasteiger partial charge in [0, 0.05) is 26.2 Å². The van der Waals surface area contributed by atoms with Crippen molar-refractivity contribution in [2.24, 2.45) is 4.99 Å². The fourth-order valence-corrected chi connectivity index (χ4v) is 3.25. The average Bonchev–Trinajstić information content (AvgIpc) is 2.77. The molecule has 0 aromatic heterocycles. The van der Waals surface area contributed by atoms with E-state index >= 15 is 0 Å². The molecule has 0 radical (unpaired) electrons. The van der Waals surface area contributed by atoms with E-state index in [9.17, 15) is 23.1 Å². The number of phenolic OH excluding ortho intramolecular Hbond substituents is 1. The minimum Gasteiger partial charge on any atom is -0.506 e. The van der Waals surface area contributed by atoms with Crippen LogP contribution in [0.1, 0.15) is 21.5 Å². The minimum atomic E-state index is -4.43. The Morgan fingerprint density at radius 2 is 1.88 bits per heavy atom. The van der Waals surface area contributed by atoms with E-state index in [0.29, 0.717) is 24.6 Å². The van der Waals surface area contributed by atoms with E-state index < -0.39 is 17.7 Å². The third-order valence-corrected chi connectivity index (χ3v) is 5.13. The van der Waals surface area contributed by atoms with Crippen LogP contribution in [0.5, 0.6) is 5.75 Å². The Bertz CT molecular complexity index is 987. The molecule has 0 unspecified atom stereocenters. The summed E-state index contributed by atoms with van der Waals surface area (Å²) in [5.74, 6) is -0.263. The van der Waals surface area contributed by atoms with Gasteiger partial charge in [-0.3, -0.25) is 0 Å². The predicted octanol–water partition coefficient (Wildman–Crippen LogP) is 3.41. The van der Waals surface area contributed by atoms with Gasteiger partial charge in [0.25, 0.3) is 0 Å². The number of esters is 1. The second kappa shape index (κ2) is 9.90. The molecule has 0 spiro atoms. The number of hydrogen-bond acceptors (Lipinski definition) is 5. The summed E-state index contributed by atoms with van der Waals surface area (Å²) < 4.78 is 43.8. The molecule has 1 heterocycles. The van der Waals surface area contributed by atoms with E-state index in [1.807, 2.05) is 11.9 Å². The van der Waals surface area contributed by atoms with Gasteiger partial charge in [0.15, 0.2) is 5.96 Å². The van der Waals surface area contributed by atoms with Gasteiger partial charge >= 0.3 is 12.1 Å². The van der Waals surface area contributed by atoms with Gasteiger partial charge in [0.2, 0.25) is 0 Å². The van der Waals surface area contributed by atoms with Crippen molar-refractivity contribution in [2.45, 2.75) is 12.7 Å². The minimum absolute atomic E-state index is 0.00997. The lowest BCUT2D eigenvalue weighted by atomic mass is 10.1. The van der Waals surface area contributed by atoms with Gasteiger partial charge in [0.05, 0.1) is 30.5 Å². The molecule has 32 heavy (non-hydrogen) atoms. The van der Waals surface area contributed by atoms with Crippen molar-refractivity contribution in [3.8, 4) is 5.75 Å². The number of nitrogens with zero attached hydrogens (tertiary/aromatic N) is 3. The van der Waals surface area contributed by atoms with Crippen molar-refractivity contribution in [1.82, 2.24) is 9.80 Å². The fraction of sp³-hybridized carbons (Fsp3) is 0.364. The molecule has 0 bridgehead atoms. The molecule has 1 aliphatic heterocycles. The first-order valence-corrected chi connectivity index (χ1v) is 10.00. The van der Waals surface area contributed by atoms with Crippen LogP contribution >= 0.6 is 0 Å². The Kier molecular flexibility index (Phi) is 7.24. The largest absolute Gasteiger partial charge is 0.506 e. The third kappa shape index (κ3) is 5.91. The molecule has 2 aromatic rings. The number of anilines is 1. The van der Waals surface area contributed by atoms with Crippen molar-refractivity contribution < 1.29 is 27.8 Å². The number of aromatic hydroxyl groups is 1. The highest BCUT2D eigenvalue weighted by Gasteiger charge is 2.30. The first kappa shape index (κ1) is 23.4. The maximum atomic E-state index is 13.0. The molecular weight excluding hydrogens is 425 g/mol. The van der Waals surface area contributed by atoms with Crippen LogP contribution in [0.2, 0.25) is 0 Å². The van der Waals surface area contributed by atoms with Crippen molar-refractivity contribution >= 4 is 17.6 Å². The summed E-state index contributed by atoms with van der Waals surface area (Å²) in [5.41, 5.74) is 0.154. The number of methoxy groups -OCH3 is 1. The Morgan fingerprint density at radius 1 is 1.16 bits per heavy atom. The molecule has 1 aliphatic rings. The van der Waals surface area contributed by atoms with Crippen LogP contribution in [-0.4, -0.2) is 67.2 Å². The number of benzene rings is 2. The molecule has 0 atom stereocenters. The summed E-state index contributed by atoms with van der Waals surface area (Å²) in [4.78, 5) is 20.5. The van der Waals surface area contributed by atoms with Gasteiger partial charge < -0.3 is 25.0 Å². The summed E-state index contributed by atoms with van der Waals surface area (Å²) in [6.45, 7) is 2.84. The molecule has 2 aromatic carbocycles. The number of carbonyl (C=O) groups excluding carboxylic acids is 1. The molecule has 172 valence electrons. The highest BCUT2D eigenvalue weighted by atomic mass is 19.4. The number of carbonyl (C=O) groups is 1. The summed E-state index contributed by atoms with van der Waals surface area (Å²) in [5, 5.41) is 13.3. The zero-order valence-corrected chi connectivity index (χ0v) is 17.8. The number of ether oxygens (including phenoxy) is 1. The standard InChI is InChI=1S/C22H25F3N4O3/c1-28-8-10-29(11-9-28)21(26-14-15-4-3-5-17(12-15)22(23,24)25)27-18-13-16(20(31)32-2)6-7-19(18)30/h3-7,12-13,30H,8-11,14H2,1-2H3,(H,26,27). The first-order chi connectivity index (χ1) is 15.2. The number of rotatable bonds is 4. The lowest BCUT2D eigenvalue weighted by molar-refractivity contribution is -0.137. The Balaban J connectivity index is 1.89. The van der Waals surface area contributed by atoms with Gasteiger partial charge in [0.1, 0.15) is 5.75 Å². The number of nitrogens with one attached hydrogen (secondary N) is 1. The summed E-state index contributed by atoms with van der Waals surface area (Å²) in [6, 6.07) is 9.25. The Hall–Kier alpha value is -3.27. The van der Waals surface area contributed by atoms with Crippen molar-refractivity contribution in [3.63, 3.8) is 0 Å². The topological polar surface area (TPSA) is 77.4 Å². The summed E-state index contributed by atoms with van der Waals surface area (Å²) >= 11 is 0. The average molecular weight is 450 g/mol. The number of halogens is 3. The predicted molar refractivity (Wildman–Crippen MR) is 115 cm³/mol. The fourth-order valence-electron chi connectivity index (χ4n) is 3.25. The number of likely N-dealkylation sites (N-methyl/N-ethyl adjacent to an activating group) is 1. The van der Waals surface area contributed by atoms with Crippen LogP contribution in [0.25, 0.3) is 0 Å². The van der Waals surface area contributed by atoms with Crippen LogP contribution in [0.4, 0.5) is 18.9 Å². The van der Waals surface area contributed by atoms with E-state index in [1.54, 1.807) is 6.07 Å². The highest BCUT2D eigenvalue weighted by molar-refractivity contribution is 5.97. The van der Waals surface area contributed by atoms with E-state index in [1.165, 1.54) is 31.4 Å². The third-order valence-electron chi connectivity index (χ3n) is 5.13. The number of aliphatic imine (C=N–C) groups is 1. The zero-order valence-electron chi connectivity index (χ0n) is 17.8. The van der Waals surface area contributed by atoms with Crippen LogP contribution in [0.15, 0.2) is 47.5 Å². The van der Waals surface area contributed by atoms with Crippen molar-refractivity contribution in [2.75, 3.05) is 45.7 Å². The lowest BCUT2D eigenvalue weighted by Gasteiger charge is -2.34. The number of phenols is 1. The quantitative estimate of drug-likeness (QED) is 0.322. The molecule has 0 aliphatic carbocycles. The second-order valence-electron chi connectivity index (χ2n) is 7.48. The Labute approximate surface area is 184 Å². The van der Waals surface area contributed by atoms with Gasteiger partial charge in [-0.1, -0.05) is 12.1 Å². The number of piperazine rings is 1.